The lowest BCUT2D eigenvalue weighted by atomic mass is 9.84. The number of aliphatic hydroxyl groups is 1. The van der Waals surface area contributed by atoms with Crippen LogP contribution < -0.4 is 0 Å². The maximum Gasteiger partial charge on any atom is 0.165 e. The van der Waals surface area contributed by atoms with E-state index in [-0.39, 0.29) is 17.8 Å². The molecular formula is C7H12O3. The fraction of sp³-hybridized carbons (Fsp3) is 1.00. The summed E-state index contributed by atoms with van der Waals surface area (Å²) >= 11 is 0. The summed E-state index contributed by atoms with van der Waals surface area (Å²) in [7, 11) is 0. The average Bonchev–Trinajstić information content (AvgIpc) is 2.36. The van der Waals surface area contributed by atoms with Crippen LogP contribution in [-0.4, -0.2) is 30.7 Å². The second-order valence-corrected chi connectivity index (χ2v) is 3.31. The minimum Gasteiger partial charge on any atom is -0.390 e. The van der Waals surface area contributed by atoms with Crippen molar-refractivity contribution in [1.82, 2.24) is 0 Å². The van der Waals surface area contributed by atoms with Gasteiger partial charge >= 0.3 is 0 Å². The molecule has 0 bridgehead atoms. The number of hydrogen-bond acceptors (Lipinski definition) is 3. The summed E-state index contributed by atoms with van der Waals surface area (Å²) in [5, 5.41) is 9.45. The molecule has 0 aromatic carbocycles. The van der Waals surface area contributed by atoms with Crippen LogP contribution in [0.25, 0.3) is 0 Å². The predicted octanol–water partition coefficient (Wildman–Crippen LogP) is 0.130. The first-order valence-electron chi connectivity index (χ1n) is 3.65. The molecule has 10 heavy (non-hydrogen) atoms. The Hall–Kier alpha value is -0.120. The van der Waals surface area contributed by atoms with Gasteiger partial charge in [-0.05, 0) is 6.42 Å². The van der Waals surface area contributed by atoms with E-state index in [0.29, 0.717) is 6.61 Å². The standard InChI is InChI=1S/C7H12O3/c1-7-2-3-9-6(7)10-4-5(7)8/h5-6,8H,2-4H2,1H3/t5?,6-,7+/m1/s1. The summed E-state index contributed by atoms with van der Waals surface area (Å²) in [6, 6.07) is 0. The minimum atomic E-state index is -0.333. The van der Waals surface area contributed by atoms with Crippen molar-refractivity contribution in [2.24, 2.45) is 5.41 Å². The zero-order chi connectivity index (χ0) is 7.19. The molecule has 2 heterocycles. The summed E-state index contributed by atoms with van der Waals surface area (Å²) in [6.45, 7) is 3.17. The van der Waals surface area contributed by atoms with Crippen molar-refractivity contribution in [3.05, 3.63) is 0 Å². The normalized spacial score (nSPS) is 53.4. The summed E-state index contributed by atoms with van der Waals surface area (Å²) in [5.41, 5.74) is -0.125. The van der Waals surface area contributed by atoms with Gasteiger partial charge in [0.1, 0.15) is 0 Å². The van der Waals surface area contributed by atoms with Gasteiger partial charge in [-0.15, -0.1) is 0 Å². The highest BCUT2D eigenvalue weighted by molar-refractivity contribution is 4.93. The number of aliphatic hydroxyl groups excluding tert-OH is 1. The van der Waals surface area contributed by atoms with Crippen LogP contribution in [0.3, 0.4) is 0 Å². The van der Waals surface area contributed by atoms with E-state index in [1.807, 2.05) is 6.92 Å². The van der Waals surface area contributed by atoms with Crippen molar-refractivity contribution in [3.8, 4) is 0 Å². The van der Waals surface area contributed by atoms with Crippen LogP contribution in [0.4, 0.5) is 0 Å². The zero-order valence-corrected chi connectivity index (χ0v) is 6.04. The van der Waals surface area contributed by atoms with Crippen molar-refractivity contribution in [1.29, 1.82) is 0 Å². The molecule has 0 amide bonds. The SMILES string of the molecule is C[C@@]12CCO[C@@H]1OCC2O. The molecule has 1 unspecified atom stereocenters. The Morgan fingerprint density at radius 1 is 1.50 bits per heavy atom. The minimum absolute atomic E-state index is 0.125. The van der Waals surface area contributed by atoms with Gasteiger partial charge in [0.2, 0.25) is 0 Å². The Balaban J connectivity index is 2.21. The molecule has 3 atom stereocenters. The summed E-state index contributed by atoms with van der Waals surface area (Å²) in [6.07, 6.45) is 0.432. The first-order valence-corrected chi connectivity index (χ1v) is 3.65. The van der Waals surface area contributed by atoms with Crippen molar-refractivity contribution in [2.75, 3.05) is 13.2 Å². The van der Waals surface area contributed by atoms with Crippen molar-refractivity contribution < 1.29 is 14.6 Å². The van der Waals surface area contributed by atoms with E-state index in [9.17, 15) is 5.11 Å². The van der Waals surface area contributed by atoms with Crippen molar-refractivity contribution in [3.63, 3.8) is 0 Å². The van der Waals surface area contributed by atoms with Gasteiger partial charge in [0.05, 0.1) is 19.3 Å². The second-order valence-electron chi connectivity index (χ2n) is 3.31. The van der Waals surface area contributed by atoms with Gasteiger partial charge in [0.25, 0.3) is 0 Å². The molecule has 0 aromatic rings. The highest BCUT2D eigenvalue weighted by Gasteiger charge is 2.51. The predicted molar refractivity (Wildman–Crippen MR) is 34.4 cm³/mol. The van der Waals surface area contributed by atoms with E-state index >= 15 is 0 Å². The molecular weight excluding hydrogens is 132 g/mol. The fourth-order valence-electron chi connectivity index (χ4n) is 1.63. The van der Waals surface area contributed by atoms with E-state index < -0.39 is 0 Å². The quantitative estimate of drug-likeness (QED) is 0.525. The summed E-state index contributed by atoms with van der Waals surface area (Å²) < 4.78 is 10.5. The molecule has 2 fully saturated rings. The van der Waals surface area contributed by atoms with E-state index in [0.717, 1.165) is 13.0 Å². The Labute approximate surface area is 59.9 Å². The van der Waals surface area contributed by atoms with E-state index in [1.54, 1.807) is 0 Å². The molecule has 2 saturated heterocycles. The van der Waals surface area contributed by atoms with E-state index in [4.69, 9.17) is 9.47 Å². The molecule has 0 aromatic heterocycles. The Morgan fingerprint density at radius 3 is 3.00 bits per heavy atom. The molecule has 3 heteroatoms. The van der Waals surface area contributed by atoms with Gasteiger partial charge in [-0.3, -0.25) is 0 Å². The van der Waals surface area contributed by atoms with Gasteiger partial charge < -0.3 is 14.6 Å². The van der Waals surface area contributed by atoms with Crippen LogP contribution in [0.5, 0.6) is 0 Å². The van der Waals surface area contributed by atoms with Crippen LogP contribution in [0.1, 0.15) is 13.3 Å². The molecule has 2 aliphatic heterocycles. The molecule has 0 radical (unpaired) electrons. The average molecular weight is 144 g/mol. The van der Waals surface area contributed by atoms with E-state index in [1.165, 1.54) is 0 Å². The Morgan fingerprint density at radius 2 is 2.30 bits per heavy atom. The zero-order valence-electron chi connectivity index (χ0n) is 6.04. The largest absolute Gasteiger partial charge is 0.390 e. The number of fused-ring (bicyclic) bond motifs is 1. The van der Waals surface area contributed by atoms with Crippen molar-refractivity contribution >= 4 is 0 Å². The molecule has 2 aliphatic rings. The van der Waals surface area contributed by atoms with Crippen LogP contribution >= 0.6 is 0 Å². The molecule has 3 nitrogen and oxygen atoms in total. The fourth-order valence-corrected chi connectivity index (χ4v) is 1.63. The van der Waals surface area contributed by atoms with Crippen LogP contribution in [-0.2, 0) is 9.47 Å². The molecule has 0 saturated carbocycles. The Kier molecular flexibility index (Phi) is 1.27. The third-order valence-corrected chi connectivity index (χ3v) is 2.62. The van der Waals surface area contributed by atoms with Gasteiger partial charge in [-0.25, -0.2) is 0 Å². The molecule has 58 valence electrons. The highest BCUT2D eigenvalue weighted by atomic mass is 16.7. The first kappa shape index (κ1) is 6.58. The van der Waals surface area contributed by atoms with Gasteiger partial charge in [0.15, 0.2) is 6.29 Å². The monoisotopic (exact) mass is 144 g/mol. The lowest BCUT2D eigenvalue weighted by Crippen LogP contribution is -2.32. The topological polar surface area (TPSA) is 38.7 Å². The van der Waals surface area contributed by atoms with E-state index in [2.05, 4.69) is 0 Å². The highest BCUT2D eigenvalue weighted by Crippen LogP contribution is 2.42. The number of rotatable bonds is 0. The maximum absolute atomic E-state index is 9.45. The van der Waals surface area contributed by atoms with Gasteiger partial charge in [-0.2, -0.15) is 0 Å². The van der Waals surface area contributed by atoms with Crippen LogP contribution in [0.15, 0.2) is 0 Å². The first-order chi connectivity index (χ1) is 4.73. The van der Waals surface area contributed by atoms with Gasteiger partial charge in [-0.1, -0.05) is 6.92 Å². The smallest absolute Gasteiger partial charge is 0.165 e. The summed E-state index contributed by atoms with van der Waals surface area (Å²) in [5.74, 6) is 0. The molecule has 0 spiro atoms. The number of ether oxygens (including phenoxy) is 2. The molecule has 2 rings (SSSR count). The van der Waals surface area contributed by atoms with Gasteiger partial charge in [0, 0.05) is 5.41 Å². The lowest BCUT2D eigenvalue weighted by Gasteiger charge is -2.22. The van der Waals surface area contributed by atoms with Crippen molar-refractivity contribution in [2.45, 2.75) is 25.7 Å². The lowest BCUT2D eigenvalue weighted by molar-refractivity contribution is -0.108. The van der Waals surface area contributed by atoms with Crippen LogP contribution in [0, 0.1) is 5.41 Å². The third kappa shape index (κ3) is 0.654. The Bertz CT molecular complexity index is 148. The third-order valence-electron chi connectivity index (χ3n) is 2.62. The van der Waals surface area contributed by atoms with Crippen LogP contribution in [0.2, 0.25) is 0 Å². The maximum atomic E-state index is 9.45. The molecule has 1 N–H and O–H groups in total. The second kappa shape index (κ2) is 1.94. The summed E-state index contributed by atoms with van der Waals surface area (Å²) in [4.78, 5) is 0. The number of hydrogen-bond donors (Lipinski definition) is 1. The molecule has 0 aliphatic carbocycles.